The first-order valence-corrected chi connectivity index (χ1v) is 6.07. The molecule has 0 amide bonds. The highest BCUT2D eigenvalue weighted by Gasteiger charge is 2.20. The van der Waals surface area contributed by atoms with Gasteiger partial charge in [-0.3, -0.25) is 0 Å². The molecule has 8 heteroatoms. The van der Waals surface area contributed by atoms with Gasteiger partial charge in [0.15, 0.2) is 17.3 Å². The van der Waals surface area contributed by atoms with Gasteiger partial charge in [-0.2, -0.15) is 4.89 Å². The predicted octanol–water partition coefficient (Wildman–Crippen LogP) is 2.78. The highest BCUT2D eigenvalue weighted by molar-refractivity contribution is 5.70. The standard InChI is InChI=1S/C14H13F2N3O3/c1-6-4-10(16)8(5-9(6)15)14-18-11(7(2)20)12(22-21-3)13(17)19-14/h4-5,20H,2H2,1,3H3,(H2,17,18,19). The van der Waals surface area contributed by atoms with Crippen molar-refractivity contribution in [3.05, 3.63) is 41.6 Å². The Morgan fingerprint density at radius 2 is 1.95 bits per heavy atom. The normalized spacial score (nSPS) is 10.5. The molecule has 0 aliphatic rings. The lowest BCUT2D eigenvalue weighted by Crippen LogP contribution is -2.07. The van der Waals surface area contributed by atoms with Crippen LogP contribution in [0.25, 0.3) is 17.1 Å². The molecule has 0 fully saturated rings. The molecule has 1 heterocycles. The molecule has 1 aromatic carbocycles. The summed E-state index contributed by atoms with van der Waals surface area (Å²) in [4.78, 5) is 17.0. The van der Waals surface area contributed by atoms with E-state index in [-0.39, 0.29) is 34.2 Å². The maximum atomic E-state index is 14.0. The number of aromatic nitrogens is 2. The minimum atomic E-state index is -0.729. The fourth-order valence-electron chi connectivity index (χ4n) is 1.77. The Morgan fingerprint density at radius 1 is 1.27 bits per heavy atom. The lowest BCUT2D eigenvalue weighted by molar-refractivity contribution is -0.178. The van der Waals surface area contributed by atoms with Crippen LogP contribution >= 0.6 is 0 Å². The molecule has 2 rings (SSSR count). The van der Waals surface area contributed by atoms with Crippen LogP contribution in [0.2, 0.25) is 0 Å². The highest BCUT2D eigenvalue weighted by atomic mass is 19.1. The van der Waals surface area contributed by atoms with Gasteiger partial charge in [-0.25, -0.2) is 18.7 Å². The van der Waals surface area contributed by atoms with E-state index in [4.69, 9.17) is 10.6 Å². The number of aryl methyl sites for hydroxylation is 1. The molecule has 0 aliphatic heterocycles. The molecule has 0 saturated heterocycles. The number of halogens is 2. The number of aliphatic hydroxyl groups excluding tert-OH is 1. The zero-order chi connectivity index (χ0) is 16.4. The van der Waals surface area contributed by atoms with E-state index in [0.29, 0.717) is 0 Å². The molecule has 2 aromatic rings. The number of aliphatic hydroxyl groups is 1. The molecule has 0 bridgehead atoms. The molecule has 6 nitrogen and oxygen atoms in total. The van der Waals surface area contributed by atoms with Gasteiger partial charge in [-0.15, -0.1) is 0 Å². The molecule has 116 valence electrons. The number of nitrogen functional groups attached to an aromatic ring is 1. The fraction of sp³-hybridized carbons (Fsp3) is 0.143. The van der Waals surface area contributed by atoms with E-state index in [1.165, 1.54) is 14.0 Å². The minimum Gasteiger partial charge on any atom is -0.506 e. The van der Waals surface area contributed by atoms with Gasteiger partial charge in [0.25, 0.3) is 0 Å². The zero-order valence-electron chi connectivity index (χ0n) is 11.9. The van der Waals surface area contributed by atoms with Crippen molar-refractivity contribution in [3.63, 3.8) is 0 Å². The second kappa shape index (κ2) is 5.94. The van der Waals surface area contributed by atoms with Crippen LogP contribution in [-0.2, 0) is 4.89 Å². The van der Waals surface area contributed by atoms with Crippen LogP contribution < -0.4 is 10.6 Å². The van der Waals surface area contributed by atoms with E-state index in [2.05, 4.69) is 21.4 Å². The average molecular weight is 309 g/mol. The van der Waals surface area contributed by atoms with Gasteiger partial charge in [0.1, 0.15) is 17.4 Å². The van der Waals surface area contributed by atoms with E-state index >= 15 is 0 Å². The van der Waals surface area contributed by atoms with Crippen LogP contribution in [0, 0.1) is 18.6 Å². The molecular formula is C14H13F2N3O3. The van der Waals surface area contributed by atoms with Crippen LogP contribution in [-0.4, -0.2) is 22.2 Å². The van der Waals surface area contributed by atoms with Gasteiger partial charge in [-0.1, -0.05) is 6.58 Å². The Balaban J connectivity index is 2.67. The van der Waals surface area contributed by atoms with Gasteiger partial charge in [-0.05, 0) is 24.6 Å². The highest BCUT2D eigenvalue weighted by Crippen LogP contribution is 2.31. The van der Waals surface area contributed by atoms with E-state index in [9.17, 15) is 13.9 Å². The molecule has 0 saturated carbocycles. The Morgan fingerprint density at radius 3 is 2.55 bits per heavy atom. The molecule has 0 atom stereocenters. The number of hydrogen-bond donors (Lipinski definition) is 2. The summed E-state index contributed by atoms with van der Waals surface area (Å²) in [6.07, 6.45) is 0. The van der Waals surface area contributed by atoms with E-state index in [1.54, 1.807) is 0 Å². The Kier molecular flexibility index (Phi) is 4.22. The third-order valence-corrected chi connectivity index (χ3v) is 2.82. The lowest BCUT2D eigenvalue weighted by Gasteiger charge is -2.11. The van der Waals surface area contributed by atoms with Crippen LogP contribution in [0.15, 0.2) is 18.7 Å². The van der Waals surface area contributed by atoms with Crippen LogP contribution in [0.4, 0.5) is 14.6 Å². The lowest BCUT2D eigenvalue weighted by atomic mass is 10.1. The Bertz CT molecular complexity index is 751. The Hall–Kier alpha value is -2.74. The third-order valence-electron chi connectivity index (χ3n) is 2.82. The number of hydrogen-bond acceptors (Lipinski definition) is 6. The van der Waals surface area contributed by atoms with Gasteiger partial charge in [0, 0.05) is 0 Å². The number of anilines is 1. The first kappa shape index (κ1) is 15.6. The molecule has 0 aliphatic carbocycles. The van der Waals surface area contributed by atoms with Crippen molar-refractivity contribution in [1.82, 2.24) is 9.97 Å². The van der Waals surface area contributed by atoms with Crippen molar-refractivity contribution < 1.29 is 23.7 Å². The number of nitrogens with two attached hydrogens (primary N) is 1. The van der Waals surface area contributed by atoms with Gasteiger partial charge in [0.05, 0.1) is 12.7 Å². The van der Waals surface area contributed by atoms with E-state index < -0.39 is 17.4 Å². The van der Waals surface area contributed by atoms with E-state index in [0.717, 1.165) is 12.1 Å². The minimum absolute atomic E-state index is 0.139. The smallest absolute Gasteiger partial charge is 0.236 e. The first-order chi connectivity index (χ1) is 10.3. The summed E-state index contributed by atoms with van der Waals surface area (Å²) in [6, 6.07) is 1.96. The predicted molar refractivity (Wildman–Crippen MR) is 75.8 cm³/mol. The van der Waals surface area contributed by atoms with Gasteiger partial charge < -0.3 is 15.7 Å². The zero-order valence-corrected chi connectivity index (χ0v) is 11.9. The summed E-state index contributed by atoms with van der Waals surface area (Å²) in [5.74, 6) is -2.46. The molecule has 3 N–H and O–H groups in total. The maximum absolute atomic E-state index is 14.0. The maximum Gasteiger partial charge on any atom is 0.236 e. The number of benzene rings is 1. The van der Waals surface area contributed by atoms with Crippen LogP contribution in [0.3, 0.4) is 0 Å². The SMILES string of the molecule is C=C(O)c1nc(-c2cc(F)c(C)cc2F)nc(N)c1OOC. The Labute approximate surface area is 124 Å². The van der Waals surface area contributed by atoms with Crippen molar-refractivity contribution in [3.8, 4) is 17.1 Å². The third kappa shape index (κ3) is 2.82. The number of nitrogens with zero attached hydrogens (tertiary/aromatic N) is 2. The average Bonchev–Trinajstić information content (AvgIpc) is 2.44. The molecule has 0 radical (unpaired) electrons. The van der Waals surface area contributed by atoms with Crippen molar-refractivity contribution in [1.29, 1.82) is 0 Å². The molecule has 22 heavy (non-hydrogen) atoms. The monoisotopic (exact) mass is 309 g/mol. The van der Waals surface area contributed by atoms with Crippen molar-refractivity contribution >= 4 is 11.6 Å². The van der Waals surface area contributed by atoms with Crippen molar-refractivity contribution in [2.75, 3.05) is 12.8 Å². The molecular weight excluding hydrogens is 296 g/mol. The largest absolute Gasteiger partial charge is 0.506 e. The second-order valence-corrected chi connectivity index (χ2v) is 4.39. The van der Waals surface area contributed by atoms with E-state index in [1.807, 2.05) is 0 Å². The van der Waals surface area contributed by atoms with Crippen LogP contribution in [0.1, 0.15) is 11.3 Å². The first-order valence-electron chi connectivity index (χ1n) is 6.07. The van der Waals surface area contributed by atoms with Crippen molar-refractivity contribution in [2.24, 2.45) is 0 Å². The summed E-state index contributed by atoms with van der Waals surface area (Å²) in [5, 5.41) is 9.55. The van der Waals surface area contributed by atoms with Crippen molar-refractivity contribution in [2.45, 2.75) is 6.92 Å². The topological polar surface area (TPSA) is 90.5 Å². The van der Waals surface area contributed by atoms with Crippen LogP contribution in [0.5, 0.6) is 5.75 Å². The second-order valence-electron chi connectivity index (χ2n) is 4.39. The fourth-order valence-corrected chi connectivity index (χ4v) is 1.77. The molecule has 0 unspecified atom stereocenters. The molecule has 0 spiro atoms. The quantitative estimate of drug-likeness (QED) is 0.513. The summed E-state index contributed by atoms with van der Waals surface area (Å²) in [7, 11) is 1.21. The summed E-state index contributed by atoms with van der Waals surface area (Å²) in [5.41, 5.74) is 5.42. The summed E-state index contributed by atoms with van der Waals surface area (Å²) < 4.78 is 27.6. The van der Waals surface area contributed by atoms with Gasteiger partial charge >= 0.3 is 0 Å². The summed E-state index contributed by atoms with van der Waals surface area (Å²) >= 11 is 0. The van der Waals surface area contributed by atoms with Gasteiger partial charge in [0.2, 0.25) is 5.75 Å². The summed E-state index contributed by atoms with van der Waals surface area (Å²) in [6.45, 7) is 4.73. The molecule has 1 aromatic heterocycles. The number of rotatable bonds is 4.